The fourth-order valence-electron chi connectivity index (χ4n) is 2.42. The topological polar surface area (TPSA) is 149 Å². The van der Waals surface area contributed by atoms with E-state index in [0.717, 1.165) is 0 Å². The van der Waals surface area contributed by atoms with Crippen molar-refractivity contribution in [3.63, 3.8) is 0 Å². The van der Waals surface area contributed by atoms with Gasteiger partial charge in [-0.05, 0) is 12.8 Å². The summed E-state index contributed by atoms with van der Waals surface area (Å²) in [6, 6.07) is 0. The van der Waals surface area contributed by atoms with Crippen molar-refractivity contribution in [1.82, 2.24) is 0 Å². The second-order valence-corrected chi connectivity index (χ2v) is 4.19. The van der Waals surface area contributed by atoms with E-state index >= 15 is 0 Å². The average molecular weight is 260 g/mol. The lowest BCUT2D eigenvalue weighted by atomic mass is 9.66. The van der Waals surface area contributed by atoms with Crippen LogP contribution < -0.4 is 0 Å². The smallest absolute Gasteiger partial charge is 0.308 e. The van der Waals surface area contributed by atoms with Crippen molar-refractivity contribution in [2.75, 3.05) is 0 Å². The van der Waals surface area contributed by atoms with E-state index in [1.807, 2.05) is 0 Å². The molecule has 4 atom stereocenters. The van der Waals surface area contributed by atoms with Crippen LogP contribution in [0.5, 0.6) is 0 Å². The molecule has 0 saturated heterocycles. The van der Waals surface area contributed by atoms with Gasteiger partial charge in [0.1, 0.15) is 0 Å². The van der Waals surface area contributed by atoms with E-state index < -0.39 is 47.5 Å². The van der Waals surface area contributed by atoms with E-state index in [1.165, 1.54) is 0 Å². The summed E-state index contributed by atoms with van der Waals surface area (Å²) in [6.45, 7) is 0. The first kappa shape index (κ1) is 13.9. The standard InChI is InChI=1S/C10H12O8/c11-7(12)3-1-2-4(8(13)14)6(10(17)18)5(3)9(15)16/h3-6H,1-2H2,(H,11,12)(H,13,14)(H,15,16)(H,17,18)/t3-,4?,5+,6?/m1/s1. The van der Waals surface area contributed by atoms with Gasteiger partial charge in [-0.2, -0.15) is 0 Å². The van der Waals surface area contributed by atoms with Gasteiger partial charge in [0, 0.05) is 0 Å². The van der Waals surface area contributed by atoms with Crippen LogP contribution in [-0.4, -0.2) is 44.3 Å². The number of hydrogen-bond donors (Lipinski definition) is 4. The summed E-state index contributed by atoms with van der Waals surface area (Å²) >= 11 is 0. The minimum atomic E-state index is -1.73. The maximum absolute atomic E-state index is 11.0. The van der Waals surface area contributed by atoms with Crippen LogP contribution in [0.1, 0.15) is 12.8 Å². The quantitative estimate of drug-likeness (QED) is 0.532. The van der Waals surface area contributed by atoms with Gasteiger partial charge in [-0.15, -0.1) is 0 Å². The Morgan fingerprint density at radius 2 is 0.889 bits per heavy atom. The molecule has 0 amide bonds. The molecule has 0 aliphatic heterocycles. The SMILES string of the molecule is O=C(O)C1CC[C@@H](C(=O)O)[C@H](C(=O)O)C1C(=O)O. The third-order valence-electron chi connectivity index (χ3n) is 3.25. The number of aliphatic carboxylic acids is 4. The zero-order valence-electron chi connectivity index (χ0n) is 9.15. The van der Waals surface area contributed by atoms with Crippen LogP contribution in [0.15, 0.2) is 0 Å². The Balaban J connectivity index is 3.18. The largest absolute Gasteiger partial charge is 0.481 e. The molecule has 0 aromatic heterocycles. The molecule has 100 valence electrons. The number of carboxylic acid groups (broad SMARTS) is 4. The summed E-state index contributed by atoms with van der Waals surface area (Å²) in [5, 5.41) is 35.7. The van der Waals surface area contributed by atoms with Gasteiger partial charge < -0.3 is 20.4 Å². The van der Waals surface area contributed by atoms with Crippen LogP contribution in [0, 0.1) is 23.7 Å². The summed E-state index contributed by atoms with van der Waals surface area (Å²) < 4.78 is 0. The third kappa shape index (κ3) is 2.41. The van der Waals surface area contributed by atoms with Gasteiger partial charge in [0.25, 0.3) is 0 Å². The van der Waals surface area contributed by atoms with Crippen LogP contribution in [0.2, 0.25) is 0 Å². The van der Waals surface area contributed by atoms with E-state index in [1.54, 1.807) is 0 Å². The van der Waals surface area contributed by atoms with Crippen molar-refractivity contribution in [2.24, 2.45) is 23.7 Å². The minimum absolute atomic E-state index is 0.160. The summed E-state index contributed by atoms with van der Waals surface area (Å²) in [5.74, 6) is -12.2. The van der Waals surface area contributed by atoms with Gasteiger partial charge in [0.2, 0.25) is 0 Å². The Bertz CT molecular complexity index is 363. The second kappa shape index (κ2) is 5.03. The Labute approximate surface area is 101 Å². The maximum atomic E-state index is 11.0. The van der Waals surface area contributed by atoms with Crippen LogP contribution in [-0.2, 0) is 19.2 Å². The highest BCUT2D eigenvalue weighted by atomic mass is 16.4. The maximum Gasteiger partial charge on any atom is 0.308 e. The molecule has 0 bridgehead atoms. The zero-order valence-corrected chi connectivity index (χ0v) is 9.15. The zero-order chi connectivity index (χ0) is 14.0. The number of rotatable bonds is 4. The monoisotopic (exact) mass is 260 g/mol. The van der Waals surface area contributed by atoms with Crippen molar-refractivity contribution in [3.05, 3.63) is 0 Å². The highest BCUT2D eigenvalue weighted by Gasteiger charge is 2.52. The van der Waals surface area contributed by atoms with Gasteiger partial charge in [-0.3, -0.25) is 19.2 Å². The normalized spacial score (nSPS) is 31.6. The molecule has 8 heteroatoms. The highest BCUT2D eigenvalue weighted by molar-refractivity contribution is 5.89. The number of hydrogen-bond acceptors (Lipinski definition) is 4. The molecule has 1 rings (SSSR count). The molecule has 0 radical (unpaired) electrons. The molecule has 0 heterocycles. The number of carbonyl (C=O) groups is 4. The van der Waals surface area contributed by atoms with Crippen LogP contribution >= 0.6 is 0 Å². The minimum Gasteiger partial charge on any atom is -0.481 e. The molecule has 18 heavy (non-hydrogen) atoms. The first-order valence-corrected chi connectivity index (χ1v) is 5.18. The lowest BCUT2D eigenvalue weighted by Gasteiger charge is -2.34. The van der Waals surface area contributed by atoms with Gasteiger partial charge in [0.05, 0.1) is 23.7 Å². The fraction of sp³-hybridized carbons (Fsp3) is 0.600. The second-order valence-electron chi connectivity index (χ2n) is 4.19. The van der Waals surface area contributed by atoms with E-state index in [2.05, 4.69) is 0 Å². The Morgan fingerprint density at radius 1 is 0.611 bits per heavy atom. The van der Waals surface area contributed by atoms with Crippen molar-refractivity contribution < 1.29 is 39.6 Å². The summed E-state index contributed by atoms with van der Waals surface area (Å²) in [6.07, 6.45) is -0.319. The first-order chi connectivity index (χ1) is 8.27. The van der Waals surface area contributed by atoms with E-state index in [-0.39, 0.29) is 12.8 Å². The van der Waals surface area contributed by atoms with Crippen molar-refractivity contribution >= 4 is 23.9 Å². The summed E-state index contributed by atoms with van der Waals surface area (Å²) in [4.78, 5) is 43.9. The van der Waals surface area contributed by atoms with Crippen LogP contribution in [0.25, 0.3) is 0 Å². The Morgan fingerprint density at radius 3 is 1.06 bits per heavy atom. The average Bonchev–Trinajstić information content (AvgIpc) is 2.26. The summed E-state index contributed by atoms with van der Waals surface area (Å²) in [7, 11) is 0. The van der Waals surface area contributed by atoms with E-state index in [0.29, 0.717) is 0 Å². The van der Waals surface area contributed by atoms with Crippen molar-refractivity contribution in [1.29, 1.82) is 0 Å². The lowest BCUT2D eigenvalue weighted by molar-refractivity contribution is -0.172. The van der Waals surface area contributed by atoms with Gasteiger partial charge in [-0.1, -0.05) is 0 Å². The van der Waals surface area contributed by atoms with Gasteiger partial charge in [0.15, 0.2) is 0 Å². The molecular weight excluding hydrogens is 248 g/mol. The molecule has 1 aliphatic carbocycles. The molecule has 1 fully saturated rings. The number of carboxylic acids is 4. The molecule has 0 aromatic carbocycles. The summed E-state index contributed by atoms with van der Waals surface area (Å²) in [5.41, 5.74) is 0. The highest BCUT2D eigenvalue weighted by Crippen LogP contribution is 2.39. The molecule has 0 aromatic rings. The lowest BCUT2D eigenvalue weighted by Crippen LogP contribution is -2.48. The fourth-order valence-corrected chi connectivity index (χ4v) is 2.42. The van der Waals surface area contributed by atoms with Gasteiger partial charge >= 0.3 is 23.9 Å². The molecule has 0 spiro atoms. The third-order valence-corrected chi connectivity index (χ3v) is 3.25. The predicted molar refractivity (Wildman–Crippen MR) is 53.7 cm³/mol. The van der Waals surface area contributed by atoms with Gasteiger partial charge in [-0.25, -0.2) is 0 Å². The van der Waals surface area contributed by atoms with Crippen LogP contribution in [0.3, 0.4) is 0 Å². The first-order valence-electron chi connectivity index (χ1n) is 5.18. The molecule has 1 aliphatic rings. The van der Waals surface area contributed by atoms with Crippen molar-refractivity contribution in [3.8, 4) is 0 Å². The van der Waals surface area contributed by atoms with E-state index in [9.17, 15) is 19.2 Å². The predicted octanol–water partition coefficient (Wildman–Crippen LogP) is -0.417. The molecule has 2 unspecified atom stereocenters. The Kier molecular flexibility index (Phi) is 3.89. The molecule has 8 nitrogen and oxygen atoms in total. The molecular formula is C10H12O8. The molecule has 1 saturated carbocycles. The van der Waals surface area contributed by atoms with Crippen molar-refractivity contribution in [2.45, 2.75) is 12.8 Å². The Hall–Kier alpha value is -2.12. The van der Waals surface area contributed by atoms with E-state index in [4.69, 9.17) is 20.4 Å². The molecule has 4 N–H and O–H groups in total. The van der Waals surface area contributed by atoms with Crippen LogP contribution in [0.4, 0.5) is 0 Å².